The first-order valence-corrected chi connectivity index (χ1v) is 5.81. The van der Waals surface area contributed by atoms with Crippen molar-refractivity contribution in [2.24, 2.45) is 5.73 Å². The summed E-state index contributed by atoms with van der Waals surface area (Å²) >= 11 is 0. The van der Waals surface area contributed by atoms with E-state index in [1.165, 1.54) is 31.4 Å². The zero-order valence-electron chi connectivity index (χ0n) is 10.8. The Morgan fingerprint density at radius 1 is 1.25 bits per heavy atom. The molecule has 0 saturated heterocycles. The Bertz CT molecular complexity index is 659. The number of nitrogen functional groups attached to an aromatic ring is 1. The van der Waals surface area contributed by atoms with Crippen LogP contribution in [0.4, 0.5) is 21.5 Å². The lowest BCUT2D eigenvalue weighted by Crippen LogP contribution is -2.11. The van der Waals surface area contributed by atoms with Crippen LogP contribution < -0.4 is 21.5 Å². The zero-order valence-corrected chi connectivity index (χ0v) is 10.8. The van der Waals surface area contributed by atoms with Gasteiger partial charge in [-0.15, -0.1) is 0 Å². The standard InChI is InChI=1S/C14H14FN3O2/c1-20-13-5-3-9(7-10(13)15)18-12-6-8(14(17)19)2-4-11(12)16/h2-7,18H,16H2,1H3,(H2,17,19). The molecule has 2 rings (SSSR count). The Kier molecular flexibility index (Phi) is 3.74. The number of carbonyl (C=O) groups is 1. The maximum atomic E-state index is 13.6. The predicted molar refractivity (Wildman–Crippen MR) is 75.6 cm³/mol. The van der Waals surface area contributed by atoms with Crippen LogP contribution in [0.15, 0.2) is 36.4 Å². The van der Waals surface area contributed by atoms with Gasteiger partial charge >= 0.3 is 0 Å². The number of hydrogen-bond donors (Lipinski definition) is 3. The van der Waals surface area contributed by atoms with E-state index in [4.69, 9.17) is 16.2 Å². The lowest BCUT2D eigenvalue weighted by Gasteiger charge is -2.11. The molecule has 20 heavy (non-hydrogen) atoms. The van der Waals surface area contributed by atoms with Gasteiger partial charge in [-0.3, -0.25) is 4.79 Å². The summed E-state index contributed by atoms with van der Waals surface area (Å²) in [6.07, 6.45) is 0. The Labute approximate surface area is 115 Å². The number of benzene rings is 2. The number of hydrogen-bond acceptors (Lipinski definition) is 4. The molecule has 0 radical (unpaired) electrons. The third kappa shape index (κ3) is 2.80. The van der Waals surface area contributed by atoms with Crippen LogP contribution in [0.25, 0.3) is 0 Å². The molecule has 0 fully saturated rings. The van der Waals surface area contributed by atoms with E-state index in [0.29, 0.717) is 22.6 Å². The molecule has 0 unspecified atom stereocenters. The van der Waals surface area contributed by atoms with Crippen LogP contribution >= 0.6 is 0 Å². The van der Waals surface area contributed by atoms with Crippen molar-refractivity contribution in [3.8, 4) is 5.75 Å². The van der Waals surface area contributed by atoms with E-state index in [2.05, 4.69) is 5.32 Å². The number of methoxy groups -OCH3 is 1. The van der Waals surface area contributed by atoms with Crippen molar-refractivity contribution >= 4 is 23.0 Å². The normalized spacial score (nSPS) is 10.1. The van der Waals surface area contributed by atoms with Crippen molar-refractivity contribution in [3.63, 3.8) is 0 Å². The monoisotopic (exact) mass is 275 g/mol. The number of rotatable bonds is 4. The number of nitrogens with two attached hydrogens (primary N) is 2. The molecule has 6 heteroatoms. The largest absolute Gasteiger partial charge is 0.494 e. The summed E-state index contributed by atoms with van der Waals surface area (Å²) in [7, 11) is 1.39. The average molecular weight is 275 g/mol. The SMILES string of the molecule is COc1ccc(Nc2cc(C(N)=O)ccc2N)cc1F. The van der Waals surface area contributed by atoms with Crippen LogP contribution in [0.2, 0.25) is 0 Å². The molecule has 0 spiro atoms. The molecule has 0 aliphatic rings. The van der Waals surface area contributed by atoms with Crippen LogP contribution in [0.1, 0.15) is 10.4 Å². The topological polar surface area (TPSA) is 90.4 Å². The van der Waals surface area contributed by atoms with Gasteiger partial charge < -0.3 is 21.5 Å². The number of halogens is 1. The fourth-order valence-electron chi connectivity index (χ4n) is 1.72. The third-order valence-corrected chi connectivity index (χ3v) is 2.77. The Morgan fingerprint density at radius 2 is 2.00 bits per heavy atom. The molecular weight excluding hydrogens is 261 g/mol. The van der Waals surface area contributed by atoms with E-state index in [1.54, 1.807) is 12.1 Å². The van der Waals surface area contributed by atoms with Crippen molar-refractivity contribution < 1.29 is 13.9 Å². The molecule has 0 bridgehead atoms. The smallest absolute Gasteiger partial charge is 0.248 e. The number of anilines is 3. The molecular formula is C14H14FN3O2. The van der Waals surface area contributed by atoms with Crippen LogP contribution in [0.3, 0.4) is 0 Å². The van der Waals surface area contributed by atoms with Gasteiger partial charge in [-0.1, -0.05) is 0 Å². The van der Waals surface area contributed by atoms with Crippen LogP contribution in [0.5, 0.6) is 5.75 Å². The number of ether oxygens (including phenoxy) is 1. The second-order valence-corrected chi connectivity index (χ2v) is 4.14. The first kappa shape index (κ1) is 13.7. The molecule has 2 aromatic carbocycles. The van der Waals surface area contributed by atoms with Gasteiger partial charge in [0.05, 0.1) is 18.5 Å². The third-order valence-electron chi connectivity index (χ3n) is 2.77. The first-order valence-electron chi connectivity index (χ1n) is 5.81. The Hall–Kier alpha value is -2.76. The summed E-state index contributed by atoms with van der Waals surface area (Å²) in [5.74, 6) is -0.912. The van der Waals surface area contributed by atoms with Gasteiger partial charge in [-0.25, -0.2) is 4.39 Å². The van der Waals surface area contributed by atoms with Gasteiger partial charge in [0, 0.05) is 17.3 Å². The van der Waals surface area contributed by atoms with Gasteiger partial charge in [0.1, 0.15) is 0 Å². The second-order valence-electron chi connectivity index (χ2n) is 4.14. The van der Waals surface area contributed by atoms with E-state index < -0.39 is 11.7 Å². The van der Waals surface area contributed by atoms with E-state index >= 15 is 0 Å². The van der Waals surface area contributed by atoms with Gasteiger partial charge in [-0.05, 0) is 30.3 Å². The lowest BCUT2D eigenvalue weighted by molar-refractivity contribution is 0.100. The Balaban J connectivity index is 2.32. The molecule has 0 saturated carbocycles. The number of carbonyl (C=O) groups excluding carboxylic acids is 1. The fraction of sp³-hybridized carbons (Fsp3) is 0.0714. The minimum atomic E-state index is -0.561. The fourth-order valence-corrected chi connectivity index (χ4v) is 1.72. The van der Waals surface area contributed by atoms with Gasteiger partial charge in [0.15, 0.2) is 11.6 Å². The van der Waals surface area contributed by atoms with Crippen LogP contribution in [-0.2, 0) is 0 Å². The maximum Gasteiger partial charge on any atom is 0.248 e. The molecule has 0 aromatic heterocycles. The minimum Gasteiger partial charge on any atom is -0.494 e. The second kappa shape index (κ2) is 5.48. The molecule has 5 N–H and O–H groups in total. The average Bonchev–Trinajstić information content (AvgIpc) is 2.41. The van der Waals surface area contributed by atoms with E-state index in [0.717, 1.165) is 0 Å². The molecule has 104 valence electrons. The van der Waals surface area contributed by atoms with Gasteiger partial charge in [0.25, 0.3) is 0 Å². The van der Waals surface area contributed by atoms with E-state index in [-0.39, 0.29) is 5.75 Å². The maximum absolute atomic E-state index is 13.6. The number of primary amides is 1. The highest BCUT2D eigenvalue weighted by Crippen LogP contribution is 2.27. The highest BCUT2D eigenvalue weighted by molar-refractivity contribution is 5.95. The van der Waals surface area contributed by atoms with Crippen molar-refractivity contribution in [1.82, 2.24) is 0 Å². The van der Waals surface area contributed by atoms with Crippen molar-refractivity contribution in [3.05, 3.63) is 47.8 Å². The molecule has 0 heterocycles. The zero-order chi connectivity index (χ0) is 14.7. The lowest BCUT2D eigenvalue weighted by atomic mass is 10.1. The van der Waals surface area contributed by atoms with Crippen molar-refractivity contribution in [2.75, 3.05) is 18.2 Å². The summed E-state index contributed by atoms with van der Waals surface area (Å²) in [4.78, 5) is 11.1. The minimum absolute atomic E-state index is 0.148. The predicted octanol–water partition coefficient (Wildman–Crippen LogP) is 2.26. The summed E-state index contributed by atoms with van der Waals surface area (Å²) in [6, 6.07) is 9.00. The Morgan fingerprint density at radius 3 is 2.60 bits per heavy atom. The van der Waals surface area contributed by atoms with Crippen molar-refractivity contribution in [2.45, 2.75) is 0 Å². The van der Waals surface area contributed by atoms with Crippen LogP contribution in [-0.4, -0.2) is 13.0 Å². The summed E-state index contributed by atoms with van der Waals surface area (Å²) in [5, 5.41) is 2.93. The molecule has 0 atom stereocenters. The highest BCUT2D eigenvalue weighted by atomic mass is 19.1. The molecule has 5 nitrogen and oxygen atoms in total. The van der Waals surface area contributed by atoms with Gasteiger partial charge in [-0.2, -0.15) is 0 Å². The van der Waals surface area contributed by atoms with Gasteiger partial charge in [0.2, 0.25) is 5.91 Å². The quantitative estimate of drug-likeness (QED) is 0.746. The van der Waals surface area contributed by atoms with Crippen LogP contribution in [0, 0.1) is 5.82 Å². The number of amides is 1. The summed E-state index contributed by atoms with van der Waals surface area (Å²) in [6.45, 7) is 0. The molecule has 2 aromatic rings. The molecule has 0 aliphatic carbocycles. The van der Waals surface area contributed by atoms with Crippen molar-refractivity contribution in [1.29, 1.82) is 0 Å². The molecule has 1 amide bonds. The van der Waals surface area contributed by atoms with E-state index in [9.17, 15) is 9.18 Å². The number of nitrogens with one attached hydrogen (secondary N) is 1. The molecule has 0 aliphatic heterocycles. The highest BCUT2D eigenvalue weighted by Gasteiger charge is 2.08. The van der Waals surface area contributed by atoms with E-state index in [1.807, 2.05) is 0 Å². The summed E-state index contributed by atoms with van der Waals surface area (Å²) < 4.78 is 18.4. The first-order chi connectivity index (χ1) is 9.51. The summed E-state index contributed by atoms with van der Waals surface area (Å²) in [5.41, 5.74) is 12.7.